The standard InChI is InChI=1S/C22H26ClFN4S/c23-20-2-1-16(24)11-19(20)21-3-4-22(27-26-21)25-17-9-14-12-28(13-15(14)10-17)18-5-7-29-8-6-18/h1-4,11,14-15,17-18H,5-10,12-13H2,(H,25,27)/t14-,15+,17-. The van der Waals surface area contributed by atoms with E-state index in [1.807, 2.05) is 12.1 Å². The molecule has 3 fully saturated rings. The number of nitrogens with zero attached hydrogens (tertiary/aromatic N) is 3. The van der Waals surface area contributed by atoms with Gasteiger partial charge >= 0.3 is 0 Å². The van der Waals surface area contributed by atoms with E-state index in [0.717, 1.165) is 23.7 Å². The van der Waals surface area contributed by atoms with Crippen LogP contribution in [0.1, 0.15) is 25.7 Å². The Hall–Kier alpha value is -1.37. The smallest absolute Gasteiger partial charge is 0.148 e. The summed E-state index contributed by atoms with van der Waals surface area (Å²) in [7, 11) is 0. The van der Waals surface area contributed by atoms with E-state index in [9.17, 15) is 4.39 Å². The Morgan fingerprint density at radius 1 is 1.03 bits per heavy atom. The molecule has 5 rings (SSSR count). The molecule has 7 heteroatoms. The van der Waals surface area contributed by atoms with Gasteiger partial charge in [0.25, 0.3) is 0 Å². The van der Waals surface area contributed by atoms with Crippen molar-refractivity contribution in [2.75, 3.05) is 29.9 Å². The largest absolute Gasteiger partial charge is 0.366 e. The summed E-state index contributed by atoms with van der Waals surface area (Å²) in [6.45, 7) is 2.53. The Kier molecular flexibility index (Phi) is 5.67. The van der Waals surface area contributed by atoms with Gasteiger partial charge in [0.2, 0.25) is 0 Å². The maximum Gasteiger partial charge on any atom is 0.148 e. The summed E-state index contributed by atoms with van der Waals surface area (Å²) in [5.41, 5.74) is 1.16. The van der Waals surface area contributed by atoms with Crippen molar-refractivity contribution in [3.63, 3.8) is 0 Å². The van der Waals surface area contributed by atoms with Crippen molar-refractivity contribution in [1.82, 2.24) is 15.1 Å². The van der Waals surface area contributed by atoms with Gasteiger partial charge in [-0.15, -0.1) is 10.2 Å². The summed E-state index contributed by atoms with van der Waals surface area (Å²) in [6, 6.07) is 9.35. The van der Waals surface area contributed by atoms with Crippen LogP contribution in [0.25, 0.3) is 11.3 Å². The molecular weight excluding hydrogens is 407 g/mol. The molecule has 0 bridgehead atoms. The number of hydrogen-bond donors (Lipinski definition) is 1. The fourth-order valence-electron chi connectivity index (χ4n) is 5.26. The number of fused-ring (bicyclic) bond motifs is 1. The van der Waals surface area contributed by atoms with Gasteiger partial charge in [0, 0.05) is 30.7 Å². The normalized spacial score (nSPS) is 27.9. The molecule has 3 heterocycles. The fraction of sp³-hybridized carbons (Fsp3) is 0.545. The number of rotatable bonds is 4. The lowest BCUT2D eigenvalue weighted by molar-refractivity contribution is 0.211. The lowest BCUT2D eigenvalue weighted by Crippen LogP contribution is -2.37. The van der Waals surface area contributed by atoms with E-state index < -0.39 is 0 Å². The molecule has 0 amide bonds. The molecular formula is C22H26ClFN4S. The first kappa shape index (κ1) is 19.6. The molecule has 4 nitrogen and oxygen atoms in total. The molecule has 3 atom stereocenters. The highest BCUT2D eigenvalue weighted by molar-refractivity contribution is 7.99. The number of likely N-dealkylation sites (tertiary alicyclic amines) is 1. The molecule has 1 saturated carbocycles. The number of thioether (sulfide) groups is 1. The van der Waals surface area contributed by atoms with Crippen LogP contribution in [0.15, 0.2) is 30.3 Å². The average Bonchev–Trinajstić information content (AvgIpc) is 3.30. The summed E-state index contributed by atoms with van der Waals surface area (Å²) in [5, 5.41) is 12.6. The van der Waals surface area contributed by atoms with Crippen LogP contribution in [0.5, 0.6) is 0 Å². The van der Waals surface area contributed by atoms with E-state index >= 15 is 0 Å². The Balaban J connectivity index is 1.18. The van der Waals surface area contributed by atoms with Gasteiger partial charge in [0.1, 0.15) is 11.6 Å². The fourth-order valence-corrected chi connectivity index (χ4v) is 6.55. The number of anilines is 1. The lowest BCUT2D eigenvalue weighted by atomic mass is 10.0. The van der Waals surface area contributed by atoms with Crippen molar-refractivity contribution in [2.45, 2.75) is 37.8 Å². The molecule has 2 aliphatic heterocycles. The first-order valence-corrected chi connectivity index (χ1v) is 12.1. The second kappa shape index (κ2) is 8.40. The Morgan fingerprint density at radius 2 is 1.79 bits per heavy atom. The second-order valence-corrected chi connectivity index (χ2v) is 10.2. The Labute approximate surface area is 180 Å². The molecule has 1 aliphatic carbocycles. The van der Waals surface area contributed by atoms with Gasteiger partial charge in [-0.3, -0.25) is 4.90 Å². The van der Waals surface area contributed by atoms with Crippen LogP contribution in [0.3, 0.4) is 0 Å². The van der Waals surface area contributed by atoms with E-state index in [-0.39, 0.29) is 5.82 Å². The molecule has 3 aliphatic rings. The maximum atomic E-state index is 13.5. The quantitative estimate of drug-likeness (QED) is 0.739. The molecule has 29 heavy (non-hydrogen) atoms. The number of halogens is 2. The Bertz CT molecular complexity index is 844. The van der Waals surface area contributed by atoms with E-state index in [2.05, 4.69) is 32.2 Å². The van der Waals surface area contributed by atoms with Gasteiger partial charge in [-0.25, -0.2) is 4.39 Å². The predicted octanol–water partition coefficient (Wildman–Crippen LogP) is 4.95. The van der Waals surface area contributed by atoms with Crippen LogP contribution in [0.2, 0.25) is 5.02 Å². The average molecular weight is 433 g/mol. The summed E-state index contributed by atoms with van der Waals surface area (Å²) in [4.78, 5) is 2.77. The van der Waals surface area contributed by atoms with Gasteiger partial charge in [-0.05, 0) is 79.4 Å². The first-order chi connectivity index (χ1) is 14.2. The third kappa shape index (κ3) is 4.25. The zero-order valence-electron chi connectivity index (χ0n) is 16.4. The molecule has 1 aromatic heterocycles. The van der Waals surface area contributed by atoms with E-state index in [1.165, 1.54) is 62.4 Å². The van der Waals surface area contributed by atoms with Gasteiger partial charge in [-0.1, -0.05) is 11.6 Å². The highest BCUT2D eigenvalue weighted by Crippen LogP contribution is 2.41. The van der Waals surface area contributed by atoms with Gasteiger partial charge in [0.05, 0.1) is 10.7 Å². The lowest BCUT2D eigenvalue weighted by Gasteiger charge is -2.31. The topological polar surface area (TPSA) is 41.0 Å². The van der Waals surface area contributed by atoms with Crippen LogP contribution in [-0.4, -0.2) is 51.8 Å². The number of nitrogens with one attached hydrogen (secondary N) is 1. The zero-order chi connectivity index (χ0) is 19.8. The summed E-state index contributed by atoms with van der Waals surface area (Å²) in [5.74, 6) is 4.73. The van der Waals surface area contributed by atoms with Crippen molar-refractivity contribution in [2.24, 2.45) is 11.8 Å². The van der Waals surface area contributed by atoms with E-state index in [1.54, 1.807) is 6.07 Å². The third-order valence-electron chi connectivity index (χ3n) is 6.71. The van der Waals surface area contributed by atoms with Crippen molar-refractivity contribution >= 4 is 29.2 Å². The van der Waals surface area contributed by atoms with Crippen LogP contribution in [0.4, 0.5) is 10.2 Å². The minimum Gasteiger partial charge on any atom is -0.366 e. The van der Waals surface area contributed by atoms with Crippen LogP contribution in [0, 0.1) is 17.7 Å². The Morgan fingerprint density at radius 3 is 2.48 bits per heavy atom. The summed E-state index contributed by atoms with van der Waals surface area (Å²) >= 11 is 8.28. The predicted molar refractivity (Wildman–Crippen MR) is 118 cm³/mol. The number of benzene rings is 1. The minimum absolute atomic E-state index is 0.327. The van der Waals surface area contributed by atoms with Crippen molar-refractivity contribution in [3.05, 3.63) is 41.2 Å². The van der Waals surface area contributed by atoms with Crippen molar-refractivity contribution < 1.29 is 4.39 Å². The third-order valence-corrected chi connectivity index (χ3v) is 8.09. The summed E-state index contributed by atoms with van der Waals surface area (Å²) < 4.78 is 13.5. The molecule has 0 unspecified atom stereocenters. The highest BCUT2D eigenvalue weighted by Gasteiger charge is 2.42. The summed E-state index contributed by atoms with van der Waals surface area (Å²) in [6.07, 6.45) is 5.15. The van der Waals surface area contributed by atoms with E-state index in [0.29, 0.717) is 22.3 Å². The molecule has 1 aromatic carbocycles. The van der Waals surface area contributed by atoms with Crippen molar-refractivity contribution in [3.8, 4) is 11.3 Å². The zero-order valence-corrected chi connectivity index (χ0v) is 17.9. The van der Waals surface area contributed by atoms with Crippen LogP contribution < -0.4 is 5.32 Å². The van der Waals surface area contributed by atoms with Crippen LogP contribution in [-0.2, 0) is 0 Å². The molecule has 154 valence electrons. The van der Waals surface area contributed by atoms with Gasteiger partial charge in [0.15, 0.2) is 0 Å². The minimum atomic E-state index is -0.327. The molecule has 1 N–H and O–H groups in total. The number of aromatic nitrogens is 2. The van der Waals surface area contributed by atoms with Crippen LogP contribution >= 0.6 is 23.4 Å². The van der Waals surface area contributed by atoms with Gasteiger partial charge in [-0.2, -0.15) is 11.8 Å². The first-order valence-electron chi connectivity index (χ1n) is 10.5. The maximum absolute atomic E-state index is 13.5. The van der Waals surface area contributed by atoms with E-state index in [4.69, 9.17) is 11.6 Å². The van der Waals surface area contributed by atoms with Crippen molar-refractivity contribution in [1.29, 1.82) is 0 Å². The second-order valence-electron chi connectivity index (χ2n) is 8.56. The molecule has 0 spiro atoms. The van der Waals surface area contributed by atoms with Gasteiger partial charge < -0.3 is 5.32 Å². The molecule has 2 saturated heterocycles. The number of hydrogen-bond acceptors (Lipinski definition) is 5. The monoisotopic (exact) mass is 432 g/mol. The SMILES string of the molecule is Fc1ccc(Cl)c(-c2ccc(N[C@@H]3C[C@@H]4CN(C5CCSCC5)C[C@@H]4C3)nn2)c1. The highest BCUT2D eigenvalue weighted by atomic mass is 35.5. The molecule has 0 radical (unpaired) electrons. The molecule has 2 aromatic rings.